The largest absolute Gasteiger partial charge is 0.338 e. The van der Waals surface area contributed by atoms with E-state index in [1.54, 1.807) is 55.6 Å². The van der Waals surface area contributed by atoms with E-state index in [0.717, 1.165) is 0 Å². The van der Waals surface area contributed by atoms with Gasteiger partial charge in [0.25, 0.3) is 5.91 Å². The zero-order valence-corrected chi connectivity index (χ0v) is 14.7. The summed E-state index contributed by atoms with van der Waals surface area (Å²) in [5, 5.41) is 0. The number of carbonyl (C=O) groups is 2. The highest BCUT2D eigenvalue weighted by molar-refractivity contribution is 7.91. The van der Waals surface area contributed by atoms with Gasteiger partial charge in [-0.1, -0.05) is 48.5 Å². The molecule has 0 aromatic heterocycles. The van der Waals surface area contributed by atoms with Crippen LogP contribution in [0.25, 0.3) is 0 Å². The summed E-state index contributed by atoms with van der Waals surface area (Å²) >= 11 is 0. The third-order valence-corrected chi connectivity index (χ3v) is 6.26. The van der Waals surface area contributed by atoms with Crippen molar-refractivity contribution < 1.29 is 18.0 Å². The molecule has 1 aliphatic rings. The molecule has 5 nitrogen and oxygen atoms in total. The molecular weight excluding hydrogens is 338 g/mol. The average Bonchev–Trinajstić information content (AvgIpc) is 3.00. The standard InChI is InChI=1S/C19H19NO4S/c1-20(15-11-12-25(23,24)13-15)19(22)17-10-6-5-9-16(17)18(21)14-7-3-2-4-8-14/h2-10,15H,11-13H2,1H3/t15-/m1/s1. The maximum Gasteiger partial charge on any atom is 0.254 e. The summed E-state index contributed by atoms with van der Waals surface area (Å²) in [5.74, 6) is -0.483. The smallest absolute Gasteiger partial charge is 0.254 e. The Morgan fingerprint density at radius 1 is 0.960 bits per heavy atom. The fourth-order valence-corrected chi connectivity index (χ4v) is 4.82. The molecule has 1 atom stereocenters. The topological polar surface area (TPSA) is 71.5 Å². The van der Waals surface area contributed by atoms with Gasteiger partial charge in [0, 0.05) is 24.2 Å². The number of hydrogen-bond donors (Lipinski definition) is 0. The summed E-state index contributed by atoms with van der Waals surface area (Å²) in [5.41, 5.74) is 1.13. The maximum absolute atomic E-state index is 12.9. The van der Waals surface area contributed by atoms with Gasteiger partial charge in [-0.25, -0.2) is 8.42 Å². The van der Waals surface area contributed by atoms with E-state index in [-0.39, 0.29) is 29.2 Å². The molecular formula is C19H19NO4S. The van der Waals surface area contributed by atoms with Crippen LogP contribution in [0.1, 0.15) is 32.7 Å². The summed E-state index contributed by atoms with van der Waals surface area (Å²) in [4.78, 5) is 27.1. The van der Waals surface area contributed by atoms with Gasteiger partial charge in [0.15, 0.2) is 15.6 Å². The number of benzene rings is 2. The Hall–Kier alpha value is -2.47. The number of hydrogen-bond acceptors (Lipinski definition) is 4. The number of ketones is 1. The van der Waals surface area contributed by atoms with Crippen LogP contribution >= 0.6 is 0 Å². The Balaban J connectivity index is 1.90. The number of rotatable bonds is 4. The first kappa shape index (κ1) is 17.4. The normalized spacial score (nSPS) is 18.7. The van der Waals surface area contributed by atoms with Crippen LogP contribution < -0.4 is 0 Å². The van der Waals surface area contributed by atoms with Crippen LogP contribution in [0.15, 0.2) is 54.6 Å². The molecule has 130 valence electrons. The highest BCUT2D eigenvalue weighted by atomic mass is 32.2. The number of sulfone groups is 1. The molecule has 0 saturated carbocycles. The molecule has 3 rings (SSSR count). The molecule has 0 spiro atoms. The van der Waals surface area contributed by atoms with E-state index in [2.05, 4.69) is 0 Å². The van der Waals surface area contributed by atoms with Crippen LogP contribution in [0.4, 0.5) is 0 Å². The summed E-state index contributed by atoms with van der Waals surface area (Å²) in [7, 11) is -1.49. The van der Waals surface area contributed by atoms with E-state index in [0.29, 0.717) is 23.1 Å². The Labute approximate surface area is 147 Å². The molecule has 1 aliphatic heterocycles. The van der Waals surface area contributed by atoms with Crippen LogP contribution in [0.3, 0.4) is 0 Å². The fraction of sp³-hybridized carbons (Fsp3) is 0.263. The number of nitrogens with zero attached hydrogens (tertiary/aromatic N) is 1. The van der Waals surface area contributed by atoms with Crippen molar-refractivity contribution >= 4 is 21.5 Å². The summed E-state index contributed by atoms with van der Waals surface area (Å²) in [6.45, 7) is 0. The molecule has 2 aromatic rings. The van der Waals surface area contributed by atoms with E-state index in [1.807, 2.05) is 6.07 Å². The minimum absolute atomic E-state index is 0.0238. The van der Waals surface area contributed by atoms with Crippen molar-refractivity contribution in [3.63, 3.8) is 0 Å². The summed E-state index contributed by atoms with van der Waals surface area (Å²) < 4.78 is 23.3. The van der Waals surface area contributed by atoms with Gasteiger partial charge in [-0.05, 0) is 12.5 Å². The number of carbonyl (C=O) groups excluding carboxylic acids is 2. The van der Waals surface area contributed by atoms with Gasteiger partial charge in [0.05, 0.1) is 17.1 Å². The molecule has 25 heavy (non-hydrogen) atoms. The lowest BCUT2D eigenvalue weighted by Crippen LogP contribution is -2.38. The van der Waals surface area contributed by atoms with Crippen molar-refractivity contribution in [1.29, 1.82) is 0 Å². The number of amides is 1. The lowest BCUT2D eigenvalue weighted by atomic mass is 9.97. The molecule has 0 aliphatic carbocycles. The monoisotopic (exact) mass is 357 g/mol. The maximum atomic E-state index is 12.9. The van der Waals surface area contributed by atoms with Gasteiger partial charge in [-0.3, -0.25) is 9.59 Å². The lowest BCUT2D eigenvalue weighted by molar-refractivity contribution is 0.0743. The first-order valence-electron chi connectivity index (χ1n) is 8.05. The molecule has 2 aromatic carbocycles. The molecule has 0 radical (unpaired) electrons. The average molecular weight is 357 g/mol. The molecule has 1 saturated heterocycles. The zero-order chi connectivity index (χ0) is 18.0. The van der Waals surface area contributed by atoms with Crippen LogP contribution in [-0.2, 0) is 9.84 Å². The van der Waals surface area contributed by atoms with E-state index >= 15 is 0 Å². The Morgan fingerprint density at radius 3 is 2.16 bits per heavy atom. The first-order chi connectivity index (χ1) is 11.9. The van der Waals surface area contributed by atoms with Gasteiger partial charge in [0.2, 0.25) is 0 Å². The van der Waals surface area contributed by atoms with E-state index in [4.69, 9.17) is 0 Å². The molecule has 0 N–H and O–H groups in total. The van der Waals surface area contributed by atoms with E-state index in [1.165, 1.54) is 4.90 Å². The third kappa shape index (κ3) is 3.64. The second kappa shape index (κ2) is 6.80. The molecule has 1 fully saturated rings. The second-order valence-electron chi connectivity index (χ2n) is 6.21. The minimum atomic E-state index is -3.09. The Kier molecular flexibility index (Phi) is 4.72. The zero-order valence-electron chi connectivity index (χ0n) is 13.9. The van der Waals surface area contributed by atoms with Crippen molar-refractivity contribution in [2.45, 2.75) is 12.5 Å². The molecule has 0 bridgehead atoms. The fourth-order valence-electron chi connectivity index (χ4n) is 3.05. The van der Waals surface area contributed by atoms with Crippen molar-refractivity contribution in [3.8, 4) is 0 Å². The molecule has 1 amide bonds. The van der Waals surface area contributed by atoms with E-state index in [9.17, 15) is 18.0 Å². The molecule has 1 heterocycles. The van der Waals surface area contributed by atoms with E-state index < -0.39 is 9.84 Å². The van der Waals surface area contributed by atoms with Crippen molar-refractivity contribution in [1.82, 2.24) is 4.90 Å². The predicted octanol–water partition coefficient (Wildman–Crippen LogP) is 2.18. The highest BCUT2D eigenvalue weighted by Crippen LogP contribution is 2.21. The highest BCUT2D eigenvalue weighted by Gasteiger charge is 2.34. The first-order valence-corrected chi connectivity index (χ1v) is 9.87. The van der Waals surface area contributed by atoms with Crippen LogP contribution in [0.2, 0.25) is 0 Å². The SMILES string of the molecule is CN(C(=O)c1ccccc1C(=O)c1ccccc1)[C@@H]1CCS(=O)(=O)C1. The molecule has 6 heteroatoms. The quantitative estimate of drug-likeness (QED) is 0.786. The van der Waals surface area contributed by atoms with Crippen LogP contribution in [-0.4, -0.2) is 49.6 Å². The van der Waals surface area contributed by atoms with Crippen molar-refractivity contribution in [3.05, 3.63) is 71.3 Å². The van der Waals surface area contributed by atoms with Gasteiger partial charge in [-0.15, -0.1) is 0 Å². The Morgan fingerprint density at radius 2 is 1.56 bits per heavy atom. The van der Waals surface area contributed by atoms with Gasteiger partial charge >= 0.3 is 0 Å². The second-order valence-corrected chi connectivity index (χ2v) is 8.44. The predicted molar refractivity (Wildman–Crippen MR) is 95.5 cm³/mol. The minimum Gasteiger partial charge on any atom is -0.338 e. The van der Waals surface area contributed by atoms with Gasteiger partial charge < -0.3 is 4.90 Å². The Bertz CT molecular complexity index is 906. The molecule has 0 unspecified atom stereocenters. The summed E-state index contributed by atoms with van der Waals surface area (Å²) in [6, 6.07) is 15.1. The summed E-state index contributed by atoms with van der Waals surface area (Å²) in [6.07, 6.45) is 0.430. The van der Waals surface area contributed by atoms with Gasteiger partial charge in [0.1, 0.15) is 0 Å². The van der Waals surface area contributed by atoms with Crippen LogP contribution in [0.5, 0.6) is 0 Å². The lowest BCUT2D eigenvalue weighted by Gasteiger charge is -2.24. The van der Waals surface area contributed by atoms with Gasteiger partial charge in [-0.2, -0.15) is 0 Å². The van der Waals surface area contributed by atoms with Crippen molar-refractivity contribution in [2.75, 3.05) is 18.6 Å². The third-order valence-electron chi connectivity index (χ3n) is 4.51. The van der Waals surface area contributed by atoms with Crippen molar-refractivity contribution in [2.24, 2.45) is 0 Å². The van der Waals surface area contributed by atoms with Crippen LogP contribution in [0, 0.1) is 0 Å².